The van der Waals surface area contributed by atoms with Gasteiger partial charge in [0.1, 0.15) is 12.1 Å². The molecule has 2 heterocycles. The van der Waals surface area contributed by atoms with Gasteiger partial charge in [-0.15, -0.1) is 0 Å². The minimum atomic E-state index is -1.10. The monoisotopic (exact) mass is 240 g/mol. The van der Waals surface area contributed by atoms with Crippen LogP contribution in [0.1, 0.15) is 16.2 Å². The maximum absolute atomic E-state index is 10.5. The molecular weight excluding hydrogens is 232 g/mol. The Kier molecular flexibility index (Phi) is 2.91. The molecule has 0 saturated carbocycles. The van der Waals surface area contributed by atoms with Crippen LogP contribution >= 0.6 is 11.8 Å². The summed E-state index contributed by atoms with van der Waals surface area (Å²) in [4.78, 5) is 14.6. The lowest BCUT2D eigenvalue weighted by molar-refractivity contribution is 0.0685. The summed E-state index contributed by atoms with van der Waals surface area (Å²) in [6.45, 7) is 0. The molecule has 0 fully saturated rings. The maximum atomic E-state index is 10.5. The van der Waals surface area contributed by atoms with Gasteiger partial charge in [-0.25, -0.2) is 14.5 Å². The van der Waals surface area contributed by atoms with E-state index in [-0.39, 0.29) is 5.69 Å². The number of carboxylic acids is 1. The van der Waals surface area contributed by atoms with Crippen molar-refractivity contribution in [2.45, 2.75) is 10.9 Å². The quantitative estimate of drug-likeness (QED) is 0.789. The third kappa shape index (κ3) is 2.22. The molecule has 16 heavy (non-hydrogen) atoms. The summed E-state index contributed by atoms with van der Waals surface area (Å²) >= 11 is 1.39. The average molecular weight is 240 g/mol. The molecule has 0 radical (unpaired) electrons. The Bertz CT molecular complexity index is 507. The fourth-order valence-corrected chi connectivity index (χ4v) is 1.80. The van der Waals surface area contributed by atoms with Crippen molar-refractivity contribution in [1.82, 2.24) is 19.9 Å². The molecule has 8 heteroatoms. The number of rotatable bonds is 4. The zero-order valence-electron chi connectivity index (χ0n) is 8.32. The summed E-state index contributed by atoms with van der Waals surface area (Å²) in [7, 11) is 1.78. The fourth-order valence-electron chi connectivity index (χ4n) is 1.03. The molecule has 0 amide bonds. The Morgan fingerprint density at radius 2 is 2.50 bits per heavy atom. The molecule has 84 valence electrons. The van der Waals surface area contributed by atoms with Gasteiger partial charge in [0.15, 0.2) is 10.9 Å². The first-order chi connectivity index (χ1) is 7.66. The third-order valence-corrected chi connectivity index (χ3v) is 2.85. The van der Waals surface area contributed by atoms with Crippen LogP contribution in [0.3, 0.4) is 0 Å². The molecule has 0 bridgehead atoms. The molecular formula is C8H8N4O3S. The van der Waals surface area contributed by atoms with E-state index in [0.29, 0.717) is 11.5 Å². The summed E-state index contributed by atoms with van der Waals surface area (Å²) in [6.07, 6.45) is 1.45. The molecule has 0 aliphatic rings. The van der Waals surface area contributed by atoms with Gasteiger partial charge in [0.05, 0.1) is 5.75 Å². The topological polar surface area (TPSA) is 94.0 Å². The summed E-state index contributed by atoms with van der Waals surface area (Å²) in [5.41, 5.74) is -0.0893. The number of carboxylic acid groups (broad SMARTS) is 1. The molecule has 2 aromatic rings. The lowest BCUT2D eigenvalue weighted by Crippen LogP contribution is -1.94. The lowest BCUT2D eigenvalue weighted by Gasteiger charge is -1.95. The minimum Gasteiger partial charge on any atom is -0.476 e. The Balaban J connectivity index is 2.00. The SMILES string of the molecule is Cn1ncnc1SCc1cc(C(=O)O)no1. The van der Waals surface area contributed by atoms with Crippen LogP contribution in [0.15, 0.2) is 22.1 Å². The van der Waals surface area contributed by atoms with Crippen LogP contribution in [0.4, 0.5) is 0 Å². The van der Waals surface area contributed by atoms with Crippen molar-refractivity contribution in [3.05, 3.63) is 23.8 Å². The summed E-state index contributed by atoms with van der Waals surface area (Å²) in [5.74, 6) is -0.142. The Labute approximate surface area is 94.5 Å². The van der Waals surface area contributed by atoms with Crippen molar-refractivity contribution in [1.29, 1.82) is 0 Å². The standard InChI is InChI=1S/C8H8N4O3S/c1-12-8(9-4-10-12)16-3-5-2-6(7(13)14)11-15-5/h2,4H,3H2,1H3,(H,13,14). The van der Waals surface area contributed by atoms with Crippen LogP contribution in [0.25, 0.3) is 0 Å². The second kappa shape index (κ2) is 4.35. The van der Waals surface area contributed by atoms with E-state index in [1.54, 1.807) is 11.7 Å². The second-order valence-corrected chi connectivity index (χ2v) is 3.88. The highest BCUT2D eigenvalue weighted by atomic mass is 32.2. The number of hydrogen-bond acceptors (Lipinski definition) is 6. The largest absolute Gasteiger partial charge is 0.476 e. The zero-order valence-corrected chi connectivity index (χ0v) is 9.14. The maximum Gasteiger partial charge on any atom is 0.358 e. The molecule has 0 aliphatic carbocycles. The van der Waals surface area contributed by atoms with Gasteiger partial charge in [-0.2, -0.15) is 5.10 Å². The van der Waals surface area contributed by atoms with Crippen molar-refractivity contribution in [3.8, 4) is 0 Å². The normalized spacial score (nSPS) is 10.6. The number of thioether (sulfide) groups is 1. The van der Waals surface area contributed by atoms with E-state index in [0.717, 1.165) is 5.16 Å². The molecule has 0 saturated heterocycles. The number of carbonyl (C=O) groups is 1. The van der Waals surface area contributed by atoms with Crippen LogP contribution in [-0.2, 0) is 12.8 Å². The highest BCUT2D eigenvalue weighted by Gasteiger charge is 2.11. The van der Waals surface area contributed by atoms with Gasteiger partial charge in [-0.05, 0) is 0 Å². The smallest absolute Gasteiger partial charge is 0.358 e. The summed E-state index contributed by atoms with van der Waals surface area (Å²) < 4.78 is 6.48. The number of aromatic carboxylic acids is 1. The molecule has 0 aliphatic heterocycles. The van der Waals surface area contributed by atoms with Crippen LogP contribution in [0.5, 0.6) is 0 Å². The van der Waals surface area contributed by atoms with Crippen LogP contribution < -0.4 is 0 Å². The summed E-state index contributed by atoms with van der Waals surface area (Å²) in [6, 6.07) is 1.39. The van der Waals surface area contributed by atoms with Crippen molar-refractivity contribution in [2.75, 3.05) is 0 Å². The van der Waals surface area contributed by atoms with Gasteiger partial charge in [0.25, 0.3) is 0 Å². The Morgan fingerprint density at radius 1 is 1.69 bits per heavy atom. The van der Waals surface area contributed by atoms with Gasteiger partial charge < -0.3 is 9.63 Å². The summed E-state index contributed by atoms with van der Waals surface area (Å²) in [5, 5.41) is 16.7. The van der Waals surface area contributed by atoms with E-state index in [2.05, 4.69) is 15.2 Å². The lowest BCUT2D eigenvalue weighted by atomic mass is 10.4. The first kappa shape index (κ1) is 10.7. The van der Waals surface area contributed by atoms with Crippen LogP contribution in [-0.4, -0.2) is 31.0 Å². The van der Waals surface area contributed by atoms with Gasteiger partial charge in [-0.1, -0.05) is 16.9 Å². The van der Waals surface area contributed by atoms with Gasteiger partial charge in [0.2, 0.25) is 0 Å². The van der Waals surface area contributed by atoms with Crippen molar-refractivity contribution in [2.24, 2.45) is 7.05 Å². The highest BCUT2D eigenvalue weighted by molar-refractivity contribution is 7.98. The van der Waals surface area contributed by atoms with Crippen LogP contribution in [0, 0.1) is 0 Å². The number of aryl methyl sites for hydroxylation is 1. The minimum absolute atomic E-state index is 0.0893. The molecule has 0 spiro atoms. The fraction of sp³-hybridized carbons (Fsp3) is 0.250. The highest BCUT2D eigenvalue weighted by Crippen LogP contribution is 2.19. The first-order valence-corrected chi connectivity index (χ1v) is 5.31. The van der Waals surface area contributed by atoms with Gasteiger partial charge in [0, 0.05) is 13.1 Å². The predicted molar refractivity (Wildman–Crippen MR) is 54.0 cm³/mol. The van der Waals surface area contributed by atoms with E-state index in [9.17, 15) is 4.79 Å². The van der Waals surface area contributed by atoms with E-state index in [1.807, 2.05) is 0 Å². The third-order valence-electron chi connectivity index (χ3n) is 1.79. The molecule has 0 unspecified atom stereocenters. The zero-order chi connectivity index (χ0) is 11.5. The Hall–Kier alpha value is -1.83. The molecule has 2 rings (SSSR count). The van der Waals surface area contributed by atoms with E-state index < -0.39 is 5.97 Å². The number of aromatic nitrogens is 4. The molecule has 7 nitrogen and oxygen atoms in total. The van der Waals surface area contributed by atoms with E-state index >= 15 is 0 Å². The average Bonchev–Trinajstić information content (AvgIpc) is 2.83. The molecule has 0 atom stereocenters. The van der Waals surface area contributed by atoms with Gasteiger partial charge in [-0.3, -0.25) is 0 Å². The predicted octanol–water partition coefficient (Wildman–Crippen LogP) is 0.794. The number of hydrogen-bond donors (Lipinski definition) is 1. The second-order valence-electron chi connectivity index (χ2n) is 2.94. The van der Waals surface area contributed by atoms with Crippen molar-refractivity contribution in [3.63, 3.8) is 0 Å². The number of nitrogens with zero attached hydrogens (tertiary/aromatic N) is 4. The van der Waals surface area contributed by atoms with Crippen LogP contribution in [0.2, 0.25) is 0 Å². The van der Waals surface area contributed by atoms with E-state index in [4.69, 9.17) is 9.63 Å². The molecule has 0 aromatic carbocycles. The molecule has 1 N–H and O–H groups in total. The first-order valence-electron chi connectivity index (χ1n) is 4.32. The Morgan fingerprint density at radius 3 is 3.06 bits per heavy atom. The molecule has 2 aromatic heterocycles. The van der Waals surface area contributed by atoms with Crippen molar-refractivity contribution >= 4 is 17.7 Å². The van der Waals surface area contributed by atoms with Gasteiger partial charge >= 0.3 is 5.97 Å². The van der Waals surface area contributed by atoms with E-state index in [1.165, 1.54) is 24.2 Å². The van der Waals surface area contributed by atoms with Crippen molar-refractivity contribution < 1.29 is 14.4 Å².